The van der Waals surface area contributed by atoms with Gasteiger partial charge in [0.25, 0.3) is 0 Å². The number of fused-ring (bicyclic) bond motifs is 1. The summed E-state index contributed by atoms with van der Waals surface area (Å²) in [6.07, 6.45) is 17.7. The Kier molecular flexibility index (Phi) is 15.9. The number of allylic oxidation sites excluding steroid dienone is 9. The highest BCUT2D eigenvalue weighted by Crippen LogP contribution is 2.29. The first kappa shape index (κ1) is 32.9. The van der Waals surface area contributed by atoms with Gasteiger partial charge in [-0.2, -0.15) is 0 Å². The maximum absolute atomic E-state index is 4.87. The Labute approximate surface area is 224 Å². The van der Waals surface area contributed by atoms with Gasteiger partial charge in [0.2, 0.25) is 0 Å². The van der Waals surface area contributed by atoms with Crippen LogP contribution in [0.25, 0.3) is 16.6 Å². The number of rotatable bonds is 8. The van der Waals surface area contributed by atoms with E-state index in [0.717, 1.165) is 34.5 Å². The maximum Gasteiger partial charge on any atom is 0.165 e. The average Bonchev–Trinajstić information content (AvgIpc) is 2.83. The molecule has 4 nitrogen and oxygen atoms in total. The van der Waals surface area contributed by atoms with Crippen molar-refractivity contribution in [3.8, 4) is 12.3 Å². The average molecular weight is 505 g/mol. The minimum atomic E-state index is -0.0536. The van der Waals surface area contributed by atoms with Crippen LogP contribution in [0.4, 0.5) is 5.82 Å². The van der Waals surface area contributed by atoms with Crippen molar-refractivity contribution in [2.45, 2.75) is 81.1 Å². The Morgan fingerprint density at radius 3 is 2.33 bits per heavy atom. The normalized spacial score (nSPS) is 12.3. The van der Waals surface area contributed by atoms with E-state index in [2.05, 4.69) is 87.8 Å². The molecular weight excluding hydrogens is 460 g/mol. The molecule has 0 saturated carbocycles. The Morgan fingerprint density at radius 2 is 1.78 bits per heavy atom. The fraction of sp³-hybridized carbons (Fsp3) is 0.387. The van der Waals surface area contributed by atoms with Gasteiger partial charge in [0.05, 0.1) is 5.39 Å². The van der Waals surface area contributed by atoms with Gasteiger partial charge in [0.1, 0.15) is 5.82 Å². The van der Waals surface area contributed by atoms with Crippen LogP contribution in [0.3, 0.4) is 0 Å². The van der Waals surface area contributed by atoms with Gasteiger partial charge in [-0.05, 0) is 75.6 Å². The Morgan fingerprint density at radius 1 is 1.14 bits per heavy atom. The molecule has 0 saturated heterocycles. The summed E-state index contributed by atoms with van der Waals surface area (Å²) in [6, 6.07) is 4.13. The SMILES string of the molecule is C#CC.C=C/C=C(C)\C=C(/C)c1nc(NSC(C)=CC/C=C\C)c2ccc(C(C)(C)C)nc2n1.CC. The summed E-state index contributed by atoms with van der Waals surface area (Å²) in [4.78, 5) is 15.7. The summed E-state index contributed by atoms with van der Waals surface area (Å²) in [7, 11) is 0. The molecule has 0 atom stereocenters. The van der Waals surface area contributed by atoms with Gasteiger partial charge in [-0.15, -0.1) is 12.3 Å². The third kappa shape index (κ3) is 11.6. The molecule has 5 heteroatoms. The van der Waals surface area contributed by atoms with Gasteiger partial charge >= 0.3 is 0 Å². The number of nitrogens with zero attached hydrogens (tertiary/aromatic N) is 3. The number of anilines is 1. The molecule has 0 bridgehead atoms. The number of pyridine rings is 1. The molecule has 0 spiro atoms. The van der Waals surface area contributed by atoms with Crippen molar-refractivity contribution in [1.29, 1.82) is 0 Å². The molecule has 194 valence electrons. The highest BCUT2D eigenvalue weighted by molar-refractivity contribution is 8.04. The summed E-state index contributed by atoms with van der Waals surface area (Å²) in [5.74, 6) is 3.69. The summed E-state index contributed by atoms with van der Waals surface area (Å²) in [5.41, 5.74) is 3.74. The van der Waals surface area contributed by atoms with Crippen molar-refractivity contribution in [3.63, 3.8) is 0 Å². The topological polar surface area (TPSA) is 50.7 Å². The zero-order chi connectivity index (χ0) is 27.7. The highest BCUT2D eigenvalue weighted by Gasteiger charge is 2.18. The summed E-state index contributed by atoms with van der Waals surface area (Å²) < 4.78 is 3.42. The van der Waals surface area contributed by atoms with Gasteiger partial charge in [0.15, 0.2) is 11.5 Å². The lowest BCUT2D eigenvalue weighted by molar-refractivity contribution is 0.571. The van der Waals surface area contributed by atoms with Crippen LogP contribution in [0.1, 0.15) is 87.2 Å². The van der Waals surface area contributed by atoms with Crippen LogP contribution in [-0.2, 0) is 5.41 Å². The zero-order valence-corrected chi connectivity index (χ0v) is 24.7. The number of aromatic nitrogens is 3. The molecule has 2 rings (SSSR count). The Bertz CT molecular complexity index is 1140. The van der Waals surface area contributed by atoms with Crippen LogP contribution >= 0.6 is 11.9 Å². The van der Waals surface area contributed by atoms with Crippen molar-refractivity contribution in [3.05, 3.63) is 77.2 Å². The third-order valence-electron chi connectivity index (χ3n) is 4.59. The van der Waals surface area contributed by atoms with E-state index in [-0.39, 0.29) is 5.41 Å². The highest BCUT2D eigenvalue weighted by atomic mass is 32.2. The first-order valence-electron chi connectivity index (χ1n) is 12.3. The van der Waals surface area contributed by atoms with Crippen LogP contribution in [0.2, 0.25) is 0 Å². The fourth-order valence-electron chi connectivity index (χ4n) is 2.86. The molecule has 0 aliphatic rings. The van der Waals surface area contributed by atoms with Crippen LogP contribution in [0.15, 0.2) is 65.6 Å². The van der Waals surface area contributed by atoms with Gasteiger partial charge in [-0.3, -0.25) is 0 Å². The predicted octanol–water partition coefficient (Wildman–Crippen LogP) is 9.45. The van der Waals surface area contributed by atoms with Crippen molar-refractivity contribution in [2.24, 2.45) is 0 Å². The molecule has 2 aromatic heterocycles. The summed E-state index contributed by atoms with van der Waals surface area (Å²) in [5, 5.41) is 0.914. The van der Waals surface area contributed by atoms with Crippen molar-refractivity contribution in [1.82, 2.24) is 15.0 Å². The van der Waals surface area contributed by atoms with E-state index in [9.17, 15) is 0 Å². The van der Waals surface area contributed by atoms with Gasteiger partial charge in [0, 0.05) is 11.1 Å². The largest absolute Gasteiger partial charge is 0.310 e. The summed E-state index contributed by atoms with van der Waals surface area (Å²) in [6.45, 7) is 24.1. The van der Waals surface area contributed by atoms with Crippen molar-refractivity contribution in [2.75, 3.05) is 4.72 Å². The van der Waals surface area contributed by atoms with Crippen LogP contribution in [0, 0.1) is 12.3 Å². The Hall–Kier alpha value is -3.10. The molecule has 0 fully saturated rings. The molecule has 0 aliphatic heterocycles. The minimum absolute atomic E-state index is 0.0536. The zero-order valence-electron chi connectivity index (χ0n) is 23.9. The molecule has 1 N–H and O–H groups in total. The monoisotopic (exact) mass is 504 g/mol. The number of terminal acetylenes is 1. The molecule has 0 aliphatic carbocycles. The molecule has 0 radical (unpaired) electrons. The maximum atomic E-state index is 4.87. The predicted molar refractivity (Wildman–Crippen MR) is 164 cm³/mol. The van der Waals surface area contributed by atoms with E-state index in [0.29, 0.717) is 11.5 Å². The molecule has 2 aromatic rings. The van der Waals surface area contributed by atoms with Crippen molar-refractivity contribution >= 4 is 34.4 Å². The molecule has 0 amide bonds. The van der Waals surface area contributed by atoms with E-state index >= 15 is 0 Å². The van der Waals surface area contributed by atoms with Crippen molar-refractivity contribution < 1.29 is 0 Å². The first-order valence-corrected chi connectivity index (χ1v) is 13.1. The second-order valence-electron chi connectivity index (χ2n) is 8.80. The minimum Gasteiger partial charge on any atom is -0.310 e. The van der Waals surface area contributed by atoms with E-state index in [1.54, 1.807) is 24.9 Å². The second-order valence-corrected chi connectivity index (χ2v) is 9.85. The quantitative estimate of drug-likeness (QED) is 0.168. The van der Waals surface area contributed by atoms with Crippen LogP contribution < -0.4 is 4.72 Å². The molecule has 0 aromatic carbocycles. The second kappa shape index (κ2) is 17.3. The van der Waals surface area contributed by atoms with Crippen LogP contribution in [-0.4, -0.2) is 15.0 Å². The third-order valence-corrected chi connectivity index (χ3v) is 5.38. The van der Waals surface area contributed by atoms with E-state index < -0.39 is 0 Å². The lowest BCUT2D eigenvalue weighted by atomic mass is 9.91. The van der Waals surface area contributed by atoms with Gasteiger partial charge in [-0.1, -0.05) is 83.2 Å². The van der Waals surface area contributed by atoms with Crippen LogP contribution in [0.5, 0.6) is 0 Å². The lowest BCUT2D eigenvalue weighted by Gasteiger charge is -2.18. The lowest BCUT2D eigenvalue weighted by Crippen LogP contribution is -2.14. The van der Waals surface area contributed by atoms with E-state index in [4.69, 9.17) is 15.0 Å². The van der Waals surface area contributed by atoms with E-state index in [1.165, 1.54) is 4.91 Å². The van der Waals surface area contributed by atoms with Gasteiger partial charge in [-0.25, -0.2) is 15.0 Å². The summed E-state index contributed by atoms with van der Waals surface area (Å²) >= 11 is 1.56. The van der Waals surface area contributed by atoms with Gasteiger partial charge < -0.3 is 4.72 Å². The smallest absolute Gasteiger partial charge is 0.165 e. The first-order chi connectivity index (χ1) is 17.1. The Balaban J connectivity index is 0.00000227. The number of hydrogen-bond acceptors (Lipinski definition) is 5. The van der Waals surface area contributed by atoms with E-state index in [1.807, 2.05) is 40.7 Å². The molecule has 0 unspecified atom stereocenters. The standard InChI is InChI=1S/C26H34N4S.C3H4.C2H6/c1-9-11-12-14-20(5)31-30-25-21-15-16-22(26(6,7)8)27-24(21)28-23(29-25)19(4)17-18(3)13-10-2;1-3-2;1-2/h9-11,13-17H,2,12H2,1,3-8H3,(H,27,28,29,30);1H,2H3;1-2H3/b11-9-,18-13-,19-17+,20-14?;;. The fourth-order valence-corrected chi connectivity index (χ4v) is 3.46. The number of hydrogen-bond donors (Lipinski definition) is 1. The molecule has 2 heterocycles. The number of nitrogens with one attached hydrogen (secondary N) is 1. The molecular formula is C31H44N4S. The molecule has 36 heavy (non-hydrogen) atoms.